The fourth-order valence-corrected chi connectivity index (χ4v) is 1.96. The van der Waals surface area contributed by atoms with Crippen molar-refractivity contribution in [3.05, 3.63) is 22.1 Å². The number of halogens is 1. The third-order valence-corrected chi connectivity index (χ3v) is 2.60. The van der Waals surface area contributed by atoms with Gasteiger partial charge in [-0.1, -0.05) is 0 Å². The molecule has 2 rings (SSSR count). The maximum atomic E-state index is 11.6. The molecule has 0 saturated heterocycles. The van der Waals surface area contributed by atoms with Gasteiger partial charge in [-0.15, -0.1) is 0 Å². The van der Waals surface area contributed by atoms with Crippen LogP contribution in [0.15, 0.2) is 15.2 Å². The molecule has 0 radical (unpaired) electrons. The summed E-state index contributed by atoms with van der Waals surface area (Å²) in [5.41, 5.74) is 1.02. The molecule has 0 unspecified atom stereocenters. The Morgan fingerprint density at radius 1 is 1.62 bits per heavy atom. The van der Waals surface area contributed by atoms with Crippen LogP contribution in [-0.4, -0.2) is 30.8 Å². The molecular weight excluding hydrogens is 234 g/mol. The third kappa shape index (κ3) is 1.69. The standard InChI is InChI=1S/C9H10BrNO2/c1-11-3-2-6-4-8(10)13-9(6)7(12)5-11/h4H,2-3,5H2,1H3. The first-order valence-corrected chi connectivity index (χ1v) is 4.96. The lowest BCUT2D eigenvalue weighted by Gasteiger charge is -2.09. The highest BCUT2D eigenvalue weighted by Gasteiger charge is 2.22. The maximum absolute atomic E-state index is 11.6. The quantitative estimate of drug-likeness (QED) is 0.696. The van der Waals surface area contributed by atoms with Crippen LogP contribution in [0.5, 0.6) is 0 Å². The maximum Gasteiger partial charge on any atom is 0.212 e. The number of rotatable bonds is 0. The molecule has 1 aromatic rings. The molecule has 0 fully saturated rings. The first-order valence-electron chi connectivity index (χ1n) is 4.17. The summed E-state index contributed by atoms with van der Waals surface area (Å²) in [7, 11) is 1.94. The molecule has 1 aromatic heterocycles. The number of furan rings is 1. The lowest BCUT2D eigenvalue weighted by atomic mass is 10.1. The van der Waals surface area contributed by atoms with Gasteiger partial charge in [-0.3, -0.25) is 9.69 Å². The Kier molecular flexibility index (Phi) is 2.26. The molecule has 0 aliphatic carbocycles. The van der Waals surface area contributed by atoms with Crippen molar-refractivity contribution < 1.29 is 9.21 Å². The first kappa shape index (κ1) is 8.97. The number of Topliss-reactive ketones (excluding diaryl/α,β-unsaturated/α-hetero) is 1. The van der Waals surface area contributed by atoms with Crippen LogP contribution in [0.4, 0.5) is 0 Å². The van der Waals surface area contributed by atoms with Gasteiger partial charge in [0, 0.05) is 12.1 Å². The van der Waals surface area contributed by atoms with Gasteiger partial charge < -0.3 is 4.42 Å². The van der Waals surface area contributed by atoms with Crippen LogP contribution in [0.2, 0.25) is 0 Å². The monoisotopic (exact) mass is 243 g/mol. The van der Waals surface area contributed by atoms with E-state index in [2.05, 4.69) is 15.9 Å². The predicted octanol–water partition coefficient (Wildman–Crippen LogP) is 1.71. The second-order valence-corrected chi connectivity index (χ2v) is 4.10. The molecular formula is C9H10BrNO2. The molecule has 70 valence electrons. The summed E-state index contributed by atoms with van der Waals surface area (Å²) in [6, 6.07) is 1.88. The van der Waals surface area contributed by atoms with E-state index in [-0.39, 0.29) is 5.78 Å². The highest BCUT2D eigenvalue weighted by atomic mass is 79.9. The summed E-state index contributed by atoms with van der Waals surface area (Å²) in [5.74, 6) is 0.594. The zero-order chi connectivity index (χ0) is 9.42. The number of likely N-dealkylation sites (N-methyl/N-ethyl adjacent to an activating group) is 1. The number of ketones is 1. The highest BCUT2D eigenvalue weighted by molar-refractivity contribution is 9.10. The Bertz CT molecular complexity index is 345. The van der Waals surface area contributed by atoms with E-state index in [1.54, 1.807) is 0 Å². The van der Waals surface area contributed by atoms with Crippen LogP contribution in [0.25, 0.3) is 0 Å². The second-order valence-electron chi connectivity index (χ2n) is 3.32. The van der Waals surface area contributed by atoms with Crippen LogP contribution in [0.1, 0.15) is 16.1 Å². The largest absolute Gasteiger partial charge is 0.446 e. The molecule has 0 saturated carbocycles. The minimum atomic E-state index is 0.0701. The number of hydrogen-bond acceptors (Lipinski definition) is 3. The summed E-state index contributed by atoms with van der Waals surface area (Å²) in [5, 5.41) is 0. The van der Waals surface area contributed by atoms with Crippen molar-refractivity contribution in [3.63, 3.8) is 0 Å². The molecule has 0 amide bonds. The van der Waals surface area contributed by atoms with E-state index in [1.807, 2.05) is 18.0 Å². The number of fused-ring (bicyclic) bond motifs is 1. The molecule has 0 atom stereocenters. The van der Waals surface area contributed by atoms with Gasteiger partial charge in [-0.05, 0) is 35.5 Å². The van der Waals surface area contributed by atoms with E-state index in [9.17, 15) is 4.79 Å². The topological polar surface area (TPSA) is 33.5 Å². The van der Waals surface area contributed by atoms with E-state index < -0.39 is 0 Å². The van der Waals surface area contributed by atoms with Crippen LogP contribution in [-0.2, 0) is 6.42 Å². The summed E-state index contributed by atoms with van der Waals surface area (Å²) >= 11 is 3.23. The molecule has 0 spiro atoms. The lowest BCUT2D eigenvalue weighted by molar-refractivity contribution is 0.0926. The fraction of sp³-hybridized carbons (Fsp3) is 0.444. The third-order valence-electron chi connectivity index (χ3n) is 2.21. The van der Waals surface area contributed by atoms with Gasteiger partial charge >= 0.3 is 0 Å². The summed E-state index contributed by atoms with van der Waals surface area (Å²) in [6.07, 6.45) is 0.882. The van der Waals surface area contributed by atoms with Crippen molar-refractivity contribution in [2.24, 2.45) is 0 Å². The lowest BCUT2D eigenvalue weighted by Crippen LogP contribution is -2.24. The molecule has 1 aliphatic rings. The predicted molar refractivity (Wildman–Crippen MR) is 51.9 cm³/mol. The molecule has 1 aliphatic heterocycles. The van der Waals surface area contributed by atoms with Crippen LogP contribution < -0.4 is 0 Å². The van der Waals surface area contributed by atoms with Gasteiger partial charge in [0.05, 0.1) is 6.54 Å². The van der Waals surface area contributed by atoms with Crippen molar-refractivity contribution in [3.8, 4) is 0 Å². The number of hydrogen-bond donors (Lipinski definition) is 0. The number of nitrogens with zero attached hydrogens (tertiary/aromatic N) is 1. The average molecular weight is 244 g/mol. The Labute approximate surface area is 84.8 Å². The van der Waals surface area contributed by atoms with Crippen molar-refractivity contribution in [1.29, 1.82) is 0 Å². The van der Waals surface area contributed by atoms with Crippen LogP contribution in [0, 0.1) is 0 Å². The molecule has 3 nitrogen and oxygen atoms in total. The van der Waals surface area contributed by atoms with Gasteiger partial charge in [-0.2, -0.15) is 0 Å². The zero-order valence-corrected chi connectivity index (χ0v) is 8.93. The van der Waals surface area contributed by atoms with Crippen molar-refractivity contribution >= 4 is 21.7 Å². The van der Waals surface area contributed by atoms with Crippen molar-refractivity contribution in [2.45, 2.75) is 6.42 Å². The van der Waals surface area contributed by atoms with Crippen LogP contribution >= 0.6 is 15.9 Å². The Morgan fingerprint density at radius 3 is 3.15 bits per heavy atom. The Hall–Kier alpha value is -0.610. The van der Waals surface area contributed by atoms with Gasteiger partial charge in [0.25, 0.3) is 0 Å². The Balaban J connectivity index is 2.39. The highest BCUT2D eigenvalue weighted by Crippen LogP contribution is 2.23. The van der Waals surface area contributed by atoms with Gasteiger partial charge in [0.15, 0.2) is 10.4 Å². The molecule has 2 heterocycles. The smallest absolute Gasteiger partial charge is 0.212 e. The summed E-state index contributed by atoms with van der Waals surface area (Å²) in [6.45, 7) is 1.36. The van der Waals surface area contributed by atoms with E-state index in [1.165, 1.54) is 0 Å². The molecule has 0 N–H and O–H groups in total. The van der Waals surface area contributed by atoms with Crippen LogP contribution in [0.3, 0.4) is 0 Å². The number of carbonyl (C=O) groups is 1. The Morgan fingerprint density at radius 2 is 2.38 bits per heavy atom. The zero-order valence-electron chi connectivity index (χ0n) is 7.34. The van der Waals surface area contributed by atoms with Crippen molar-refractivity contribution in [1.82, 2.24) is 4.90 Å². The first-order chi connectivity index (χ1) is 6.16. The molecule has 13 heavy (non-hydrogen) atoms. The molecule has 0 aromatic carbocycles. The minimum Gasteiger partial charge on any atom is -0.446 e. The molecule has 4 heteroatoms. The summed E-state index contributed by atoms with van der Waals surface area (Å²) in [4.78, 5) is 13.6. The second kappa shape index (κ2) is 3.27. The van der Waals surface area contributed by atoms with Gasteiger partial charge in [0.2, 0.25) is 5.78 Å². The van der Waals surface area contributed by atoms with E-state index in [4.69, 9.17) is 4.42 Å². The van der Waals surface area contributed by atoms with E-state index in [0.29, 0.717) is 17.0 Å². The molecule has 0 bridgehead atoms. The SMILES string of the molecule is CN1CCc2cc(Br)oc2C(=O)C1. The van der Waals surface area contributed by atoms with E-state index in [0.717, 1.165) is 18.5 Å². The van der Waals surface area contributed by atoms with Gasteiger partial charge in [-0.25, -0.2) is 0 Å². The van der Waals surface area contributed by atoms with E-state index >= 15 is 0 Å². The normalized spacial score (nSPS) is 18.5. The summed E-state index contributed by atoms with van der Waals surface area (Å²) < 4.78 is 5.94. The average Bonchev–Trinajstić information content (AvgIpc) is 2.38. The minimum absolute atomic E-state index is 0.0701. The van der Waals surface area contributed by atoms with Gasteiger partial charge in [0.1, 0.15) is 0 Å². The fourth-order valence-electron chi connectivity index (χ4n) is 1.52. The van der Waals surface area contributed by atoms with Crippen molar-refractivity contribution in [2.75, 3.05) is 20.1 Å². The number of carbonyl (C=O) groups excluding carboxylic acids is 1.